The van der Waals surface area contributed by atoms with E-state index in [0.717, 1.165) is 34.5 Å². The molecule has 1 fully saturated rings. The van der Waals surface area contributed by atoms with Gasteiger partial charge in [0.2, 0.25) is 0 Å². The molecule has 114 valence electrons. The van der Waals surface area contributed by atoms with E-state index in [9.17, 15) is 0 Å². The SMILES string of the molecule is c1nc2[nH]cc(-c3cn[nH]c3)c2cc1OCC1CCCCC1. The molecule has 1 aliphatic rings. The van der Waals surface area contributed by atoms with Crippen molar-refractivity contribution in [3.05, 3.63) is 30.9 Å². The van der Waals surface area contributed by atoms with E-state index in [0.29, 0.717) is 5.92 Å². The lowest BCUT2D eigenvalue weighted by atomic mass is 9.90. The molecule has 0 radical (unpaired) electrons. The summed E-state index contributed by atoms with van der Waals surface area (Å²) in [4.78, 5) is 7.67. The van der Waals surface area contributed by atoms with Crippen LogP contribution < -0.4 is 4.74 Å². The molecule has 0 aromatic carbocycles. The lowest BCUT2D eigenvalue weighted by Crippen LogP contribution is -2.15. The molecule has 0 aliphatic heterocycles. The fourth-order valence-electron chi connectivity index (χ4n) is 3.27. The zero-order valence-electron chi connectivity index (χ0n) is 12.5. The third-order valence-electron chi connectivity index (χ3n) is 4.53. The van der Waals surface area contributed by atoms with E-state index in [1.807, 2.05) is 18.6 Å². The van der Waals surface area contributed by atoms with Gasteiger partial charge in [0.1, 0.15) is 11.4 Å². The van der Waals surface area contributed by atoms with Crippen molar-refractivity contribution >= 4 is 11.0 Å². The number of aromatic nitrogens is 4. The van der Waals surface area contributed by atoms with Gasteiger partial charge in [0.25, 0.3) is 0 Å². The highest BCUT2D eigenvalue weighted by molar-refractivity contribution is 5.93. The van der Waals surface area contributed by atoms with Crippen LogP contribution in [0.15, 0.2) is 30.9 Å². The van der Waals surface area contributed by atoms with E-state index in [2.05, 4.69) is 26.2 Å². The highest BCUT2D eigenvalue weighted by Gasteiger charge is 2.15. The van der Waals surface area contributed by atoms with Gasteiger partial charge in [-0.3, -0.25) is 5.10 Å². The highest BCUT2D eigenvalue weighted by atomic mass is 16.5. The van der Waals surface area contributed by atoms with Gasteiger partial charge in [-0.15, -0.1) is 0 Å². The largest absolute Gasteiger partial charge is 0.492 e. The molecule has 3 heterocycles. The van der Waals surface area contributed by atoms with Crippen LogP contribution in [0.25, 0.3) is 22.2 Å². The van der Waals surface area contributed by atoms with Crippen LogP contribution in [0.4, 0.5) is 0 Å². The van der Waals surface area contributed by atoms with Crippen LogP contribution in [0.2, 0.25) is 0 Å². The Labute approximate surface area is 129 Å². The molecule has 22 heavy (non-hydrogen) atoms. The molecule has 3 aromatic rings. The fraction of sp³-hybridized carbons (Fsp3) is 0.412. The Kier molecular flexibility index (Phi) is 3.54. The lowest BCUT2D eigenvalue weighted by Gasteiger charge is -2.21. The van der Waals surface area contributed by atoms with Crippen molar-refractivity contribution < 1.29 is 4.74 Å². The van der Waals surface area contributed by atoms with Gasteiger partial charge < -0.3 is 9.72 Å². The molecule has 2 N–H and O–H groups in total. The Bertz CT molecular complexity index is 741. The second-order valence-corrected chi connectivity index (χ2v) is 6.07. The van der Waals surface area contributed by atoms with Crippen molar-refractivity contribution in [3.8, 4) is 16.9 Å². The Morgan fingerprint density at radius 3 is 2.86 bits per heavy atom. The van der Waals surface area contributed by atoms with E-state index < -0.39 is 0 Å². The molecular weight excluding hydrogens is 276 g/mol. The Morgan fingerprint density at radius 2 is 2.05 bits per heavy atom. The smallest absolute Gasteiger partial charge is 0.138 e. The molecule has 5 heteroatoms. The zero-order valence-corrected chi connectivity index (χ0v) is 12.5. The van der Waals surface area contributed by atoms with Crippen LogP contribution >= 0.6 is 0 Å². The second-order valence-electron chi connectivity index (χ2n) is 6.07. The maximum Gasteiger partial charge on any atom is 0.138 e. The number of ether oxygens (including phenoxy) is 1. The van der Waals surface area contributed by atoms with Gasteiger partial charge in [0.15, 0.2) is 0 Å². The average Bonchev–Trinajstić information content (AvgIpc) is 3.22. The predicted octanol–water partition coefficient (Wildman–Crippen LogP) is 3.91. The first-order valence-corrected chi connectivity index (χ1v) is 7.99. The number of aromatic amines is 2. The summed E-state index contributed by atoms with van der Waals surface area (Å²) in [5, 5.41) is 7.94. The Balaban J connectivity index is 1.55. The summed E-state index contributed by atoms with van der Waals surface area (Å²) in [6.45, 7) is 0.804. The molecule has 3 aromatic heterocycles. The third kappa shape index (κ3) is 2.58. The summed E-state index contributed by atoms with van der Waals surface area (Å²) in [5.41, 5.74) is 3.03. The molecule has 1 saturated carbocycles. The predicted molar refractivity (Wildman–Crippen MR) is 85.7 cm³/mol. The quantitative estimate of drug-likeness (QED) is 0.767. The Morgan fingerprint density at radius 1 is 1.14 bits per heavy atom. The molecule has 0 saturated heterocycles. The Hall–Kier alpha value is -2.30. The van der Waals surface area contributed by atoms with Crippen molar-refractivity contribution in [1.82, 2.24) is 20.2 Å². The van der Waals surface area contributed by atoms with E-state index >= 15 is 0 Å². The molecule has 1 aliphatic carbocycles. The maximum atomic E-state index is 6.00. The topological polar surface area (TPSA) is 66.6 Å². The molecular formula is C17H20N4O. The van der Waals surface area contributed by atoms with Crippen LogP contribution in [0, 0.1) is 5.92 Å². The van der Waals surface area contributed by atoms with Crippen LogP contribution in [0.3, 0.4) is 0 Å². The molecule has 0 atom stereocenters. The first-order valence-electron chi connectivity index (χ1n) is 7.99. The van der Waals surface area contributed by atoms with Crippen molar-refractivity contribution in [1.29, 1.82) is 0 Å². The molecule has 5 nitrogen and oxygen atoms in total. The minimum Gasteiger partial charge on any atom is -0.492 e. The van der Waals surface area contributed by atoms with Gasteiger partial charge >= 0.3 is 0 Å². The van der Waals surface area contributed by atoms with E-state index in [1.165, 1.54) is 32.1 Å². The number of hydrogen-bond acceptors (Lipinski definition) is 3. The van der Waals surface area contributed by atoms with Crippen LogP contribution in [0.1, 0.15) is 32.1 Å². The number of hydrogen-bond donors (Lipinski definition) is 2. The molecule has 0 unspecified atom stereocenters. The number of rotatable bonds is 4. The summed E-state index contributed by atoms with van der Waals surface area (Å²) in [5.74, 6) is 1.55. The minimum atomic E-state index is 0.698. The standard InChI is InChI=1S/C17H20N4O/c1-2-4-12(5-3-1)11-22-14-6-15-16(13-7-20-21-8-13)10-19-17(15)18-9-14/h6-10,12H,1-5,11H2,(H,18,19)(H,20,21). The monoisotopic (exact) mass is 296 g/mol. The van der Waals surface area contributed by atoms with Gasteiger partial charge in [-0.2, -0.15) is 5.10 Å². The third-order valence-corrected chi connectivity index (χ3v) is 4.53. The van der Waals surface area contributed by atoms with Crippen LogP contribution in [0.5, 0.6) is 5.75 Å². The first-order chi connectivity index (χ1) is 10.9. The fourth-order valence-corrected chi connectivity index (χ4v) is 3.27. The van der Waals surface area contributed by atoms with Crippen molar-refractivity contribution in [2.45, 2.75) is 32.1 Å². The van der Waals surface area contributed by atoms with Gasteiger partial charge in [-0.25, -0.2) is 4.98 Å². The number of pyridine rings is 1. The van der Waals surface area contributed by atoms with E-state index in [1.54, 1.807) is 6.20 Å². The number of H-pyrrole nitrogens is 2. The van der Waals surface area contributed by atoms with Gasteiger partial charge in [-0.05, 0) is 24.8 Å². The summed E-state index contributed by atoms with van der Waals surface area (Å²) in [6.07, 6.45) is 14.1. The number of nitrogens with zero attached hydrogens (tertiary/aromatic N) is 2. The number of fused-ring (bicyclic) bond motifs is 1. The summed E-state index contributed by atoms with van der Waals surface area (Å²) < 4.78 is 6.00. The average molecular weight is 296 g/mol. The molecule has 0 spiro atoms. The lowest BCUT2D eigenvalue weighted by molar-refractivity contribution is 0.208. The van der Waals surface area contributed by atoms with Crippen molar-refractivity contribution in [2.75, 3.05) is 6.61 Å². The van der Waals surface area contributed by atoms with Gasteiger partial charge in [-0.1, -0.05) is 19.3 Å². The number of nitrogens with one attached hydrogen (secondary N) is 2. The maximum absolute atomic E-state index is 6.00. The normalized spacial score (nSPS) is 16.2. The van der Waals surface area contributed by atoms with Crippen LogP contribution in [-0.4, -0.2) is 26.8 Å². The highest BCUT2D eigenvalue weighted by Crippen LogP contribution is 2.30. The zero-order chi connectivity index (χ0) is 14.8. The molecule has 4 rings (SSSR count). The van der Waals surface area contributed by atoms with E-state index in [4.69, 9.17) is 4.74 Å². The minimum absolute atomic E-state index is 0.698. The van der Waals surface area contributed by atoms with Gasteiger partial charge in [0, 0.05) is 28.9 Å². The van der Waals surface area contributed by atoms with Crippen molar-refractivity contribution in [2.24, 2.45) is 5.92 Å². The van der Waals surface area contributed by atoms with E-state index in [-0.39, 0.29) is 0 Å². The van der Waals surface area contributed by atoms with Crippen molar-refractivity contribution in [3.63, 3.8) is 0 Å². The van der Waals surface area contributed by atoms with Gasteiger partial charge in [0.05, 0.1) is 19.0 Å². The first kappa shape index (κ1) is 13.4. The van der Waals surface area contributed by atoms with Crippen LogP contribution in [-0.2, 0) is 0 Å². The summed E-state index contributed by atoms with van der Waals surface area (Å²) in [6, 6.07) is 2.07. The molecule has 0 bridgehead atoms. The second kappa shape index (κ2) is 5.83. The summed E-state index contributed by atoms with van der Waals surface area (Å²) >= 11 is 0. The molecule has 0 amide bonds. The summed E-state index contributed by atoms with van der Waals surface area (Å²) in [7, 11) is 0.